The van der Waals surface area contributed by atoms with Crippen LogP contribution in [0.1, 0.15) is 18.4 Å². The summed E-state index contributed by atoms with van der Waals surface area (Å²) >= 11 is 0. The predicted molar refractivity (Wildman–Crippen MR) is 77.7 cm³/mol. The van der Waals surface area contributed by atoms with E-state index in [-0.39, 0.29) is 0 Å². The molecule has 4 N–H and O–H groups in total. The average Bonchev–Trinajstić information content (AvgIpc) is 2.79. The highest BCUT2D eigenvalue weighted by Crippen LogP contribution is 2.28. The molecule has 0 radical (unpaired) electrons. The molecule has 0 saturated carbocycles. The lowest BCUT2D eigenvalue weighted by Gasteiger charge is -2.16. The van der Waals surface area contributed by atoms with E-state index in [1.807, 2.05) is 24.3 Å². The summed E-state index contributed by atoms with van der Waals surface area (Å²) in [5.74, 6) is 0.338. The van der Waals surface area contributed by atoms with Crippen LogP contribution >= 0.6 is 0 Å². The van der Waals surface area contributed by atoms with Gasteiger partial charge in [-0.25, -0.2) is 9.98 Å². The summed E-state index contributed by atoms with van der Waals surface area (Å²) < 4.78 is 0. The Morgan fingerprint density at radius 1 is 1.00 bits per heavy atom. The van der Waals surface area contributed by atoms with Crippen molar-refractivity contribution in [1.82, 2.24) is 0 Å². The van der Waals surface area contributed by atoms with Gasteiger partial charge in [-0.1, -0.05) is 36.4 Å². The van der Waals surface area contributed by atoms with Gasteiger partial charge in [0.15, 0.2) is 0 Å². The maximum absolute atomic E-state index is 6.08. The predicted octanol–water partition coefficient (Wildman–Crippen LogP) is 1.89. The molecule has 96 valence electrons. The van der Waals surface area contributed by atoms with Crippen molar-refractivity contribution in [1.29, 1.82) is 0 Å². The first-order valence-corrected chi connectivity index (χ1v) is 6.39. The van der Waals surface area contributed by atoms with Gasteiger partial charge in [0.25, 0.3) is 0 Å². The quantitative estimate of drug-likeness (QED) is 0.861. The van der Waals surface area contributed by atoms with Crippen molar-refractivity contribution in [3.05, 3.63) is 58.9 Å². The summed E-state index contributed by atoms with van der Waals surface area (Å²) in [6.45, 7) is 0. The van der Waals surface area contributed by atoms with Gasteiger partial charge in [0.05, 0.1) is 11.4 Å². The fraction of sp³-hybridized carbons (Fsp3) is 0.200. The third-order valence-corrected chi connectivity index (χ3v) is 3.41. The highest BCUT2D eigenvalue weighted by atomic mass is 15.1. The van der Waals surface area contributed by atoms with Crippen LogP contribution in [0.2, 0.25) is 0 Å². The van der Waals surface area contributed by atoms with E-state index < -0.39 is 0 Å². The fourth-order valence-corrected chi connectivity index (χ4v) is 2.42. The van der Waals surface area contributed by atoms with Gasteiger partial charge in [-0.05, 0) is 18.4 Å². The number of hydrogen-bond acceptors (Lipinski definition) is 4. The number of fused-ring (bicyclic) bond motifs is 1. The van der Waals surface area contributed by atoms with Crippen molar-refractivity contribution in [2.45, 2.75) is 19.3 Å². The van der Waals surface area contributed by atoms with E-state index in [0.717, 1.165) is 41.9 Å². The molecular formula is C15H16N4. The largest absolute Gasteiger partial charge is 0.399 e. The molecule has 1 aromatic carbocycles. The van der Waals surface area contributed by atoms with Gasteiger partial charge in [-0.3, -0.25) is 0 Å². The number of hydrogen-bond donors (Lipinski definition) is 2. The molecule has 4 heteroatoms. The molecule has 0 fully saturated rings. The molecule has 0 spiro atoms. The second kappa shape index (κ2) is 4.72. The molecule has 1 aliphatic carbocycles. The molecule has 0 amide bonds. The zero-order chi connectivity index (χ0) is 13.2. The van der Waals surface area contributed by atoms with Crippen LogP contribution in [0.15, 0.2) is 63.4 Å². The lowest BCUT2D eigenvalue weighted by atomic mass is 9.94. The third kappa shape index (κ3) is 2.29. The van der Waals surface area contributed by atoms with Gasteiger partial charge >= 0.3 is 0 Å². The van der Waals surface area contributed by atoms with Crippen molar-refractivity contribution in [2.75, 3.05) is 0 Å². The van der Waals surface area contributed by atoms with Gasteiger partial charge in [0.2, 0.25) is 5.96 Å². The van der Waals surface area contributed by atoms with Gasteiger partial charge in [-0.2, -0.15) is 0 Å². The summed E-state index contributed by atoms with van der Waals surface area (Å²) in [5, 5.41) is 0. The van der Waals surface area contributed by atoms with Crippen molar-refractivity contribution in [2.24, 2.45) is 21.5 Å². The van der Waals surface area contributed by atoms with Gasteiger partial charge in [0, 0.05) is 17.7 Å². The highest BCUT2D eigenvalue weighted by molar-refractivity contribution is 6.14. The Labute approximate surface area is 112 Å². The maximum atomic E-state index is 6.08. The van der Waals surface area contributed by atoms with E-state index >= 15 is 0 Å². The Bertz CT molecular complexity index is 621. The number of aryl methyl sites for hydroxylation is 1. The molecule has 19 heavy (non-hydrogen) atoms. The second-order valence-electron chi connectivity index (χ2n) is 4.70. The van der Waals surface area contributed by atoms with E-state index in [9.17, 15) is 0 Å². The average molecular weight is 252 g/mol. The molecule has 0 bridgehead atoms. The Balaban J connectivity index is 1.84. The Kier molecular flexibility index (Phi) is 2.91. The number of guanidine groups is 1. The SMILES string of the molecule is NC1=CCC2=NC(N)=NC2=C1CCc1ccccc1. The molecule has 3 rings (SSSR count). The first kappa shape index (κ1) is 11.7. The van der Waals surface area contributed by atoms with Crippen LogP contribution in [0.4, 0.5) is 0 Å². The number of allylic oxidation sites excluding steroid dienone is 3. The van der Waals surface area contributed by atoms with E-state index in [1.54, 1.807) is 0 Å². The lowest BCUT2D eigenvalue weighted by Crippen LogP contribution is -2.14. The monoisotopic (exact) mass is 252 g/mol. The van der Waals surface area contributed by atoms with Crippen LogP contribution in [-0.2, 0) is 6.42 Å². The summed E-state index contributed by atoms with van der Waals surface area (Å²) in [6.07, 6.45) is 4.52. The standard InChI is InChI=1S/C15H16N4/c16-12-8-9-13-14(19-15(17)18-13)11(12)7-6-10-4-2-1-3-5-10/h1-5,8H,6-7,9,16H2,(H2,17,19). The van der Waals surface area contributed by atoms with Crippen LogP contribution in [0.25, 0.3) is 0 Å². The van der Waals surface area contributed by atoms with Crippen LogP contribution in [0.3, 0.4) is 0 Å². The fourth-order valence-electron chi connectivity index (χ4n) is 2.42. The molecule has 1 heterocycles. The molecule has 1 aromatic rings. The molecule has 4 nitrogen and oxygen atoms in total. The van der Waals surface area contributed by atoms with Crippen molar-refractivity contribution < 1.29 is 0 Å². The first-order chi connectivity index (χ1) is 9.24. The van der Waals surface area contributed by atoms with Gasteiger partial charge < -0.3 is 11.5 Å². The number of nitrogens with zero attached hydrogens (tertiary/aromatic N) is 2. The smallest absolute Gasteiger partial charge is 0.220 e. The van der Waals surface area contributed by atoms with Crippen LogP contribution in [0, 0.1) is 0 Å². The summed E-state index contributed by atoms with van der Waals surface area (Å²) in [6, 6.07) is 10.4. The molecule has 0 aromatic heterocycles. The van der Waals surface area contributed by atoms with Crippen molar-refractivity contribution >= 4 is 11.7 Å². The Morgan fingerprint density at radius 2 is 1.79 bits per heavy atom. The molecular weight excluding hydrogens is 236 g/mol. The highest BCUT2D eigenvalue weighted by Gasteiger charge is 2.23. The number of benzene rings is 1. The minimum atomic E-state index is 0.338. The summed E-state index contributed by atoms with van der Waals surface area (Å²) in [7, 11) is 0. The van der Waals surface area contributed by atoms with E-state index in [4.69, 9.17) is 11.5 Å². The summed E-state index contributed by atoms with van der Waals surface area (Å²) in [5.41, 5.74) is 16.7. The van der Waals surface area contributed by atoms with Crippen LogP contribution < -0.4 is 11.5 Å². The van der Waals surface area contributed by atoms with Crippen molar-refractivity contribution in [3.8, 4) is 0 Å². The molecule has 0 atom stereocenters. The van der Waals surface area contributed by atoms with Crippen LogP contribution in [-0.4, -0.2) is 11.7 Å². The number of nitrogens with two attached hydrogens (primary N) is 2. The number of aliphatic imine (C=N–C) groups is 2. The minimum absolute atomic E-state index is 0.338. The molecule has 0 unspecified atom stereocenters. The topological polar surface area (TPSA) is 76.8 Å². The van der Waals surface area contributed by atoms with Gasteiger partial charge in [0.1, 0.15) is 0 Å². The summed E-state index contributed by atoms with van der Waals surface area (Å²) in [4.78, 5) is 8.54. The normalized spacial score (nSPS) is 17.8. The third-order valence-electron chi connectivity index (χ3n) is 3.41. The lowest BCUT2D eigenvalue weighted by molar-refractivity contribution is 0.923. The van der Waals surface area contributed by atoms with Crippen LogP contribution in [0.5, 0.6) is 0 Å². The van der Waals surface area contributed by atoms with Crippen molar-refractivity contribution in [3.63, 3.8) is 0 Å². The van der Waals surface area contributed by atoms with E-state index in [0.29, 0.717) is 5.96 Å². The Hall–Kier alpha value is -2.36. The maximum Gasteiger partial charge on any atom is 0.220 e. The molecule has 0 saturated heterocycles. The zero-order valence-electron chi connectivity index (χ0n) is 10.6. The number of rotatable bonds is 3. The Morgan fingerprint density at radius 3 is 2.58 bits per heavy atom. The first-order valence-electron chi connectivity index (χ1n) is 6.39. The molecule has 1 aliphatic heterocycles. The second-order valence-corrected chi connectivity index (χ2v) is 4.70. The van der Waals surface area contributed by atoms with Gasteiger partial charge in [-0.15, -0.1) is 0 Å². The zero-order valence-corrected chi connectivity index (χ0v) is 10.6. The van der Waals surface area contributed by atoms with E-state index in [2.05, 4.69) is 22.1 Å². The molecule has 2 aliphatic rings. The minimum Gasteiger partial charge on any atom is -0.399 e. The van der Waals surface area contributed by atoms with E-state index in [1.165, 1.54) is 5.56 Å².